The number of aryl methyl sites for hydroxylation is 1. The number of hydrogen-bond acceptors (Lipinski definition) is 6. The summed E-state index contributed by atoms with van der Waals surface area (Å²) in [4.78, 5) is 34.6. The van der Waals surface area contributed by atoms with Crippen molar-refractivity contribution in [3.8, 4) is 0 Å². The molecule has 1 saturated heterocycles. The molecule has 1 aliphatic heterocycles. The molecule has 1 fully saturated rings. The van der Waals surface area contributed by atoms with E-state index >= 15 is 0 Å². The van der Waals surface area contributed by atoms with Crippen LogP contribution < -0.4 is 10.2 Å². The van der Waals surface area contributed by atoms with Crippen LogP contribution >= 0.6 is 0 Å². The summed E-state index contributed by atoms with van der Waals surface area (Å²) in [6.45, 7) is 7.16. The van der Waals surface area contributed by atoms with Crippen LogP contribution in [-0.2, 0) is 22.4 Å². The fourth-order valence-electron chi connectivity index (χ4n) is 3.56. The van der Waals surface area contributed by atoms with Crippen LogP contribution in [0.25, 0.3) is 0 Å². The fraction of sp³-hybridized carbons (Fsp3) is 0.476. The number of anilines is 1. The maximum absolute atomic E-state index is 12.8. The summed E-state index contributed by atoms with van der Waals surface area (Å²) in [7, 11) is 1.35. The van der Waals surface area contributed by atoms with Gasteiger partial charge in [0.25, 0.3) is 5.91 Å². The molecule has 8 heteroatoms. The molecule has 0 aromatic carbocycles. The van der Waals surface area contributed by atoms with Crippen molar-refractivity contribution in [2.75, 3.05) is 38.3 Å². The van der Waals surface area contributed by atoms with Gasteiger partial charge in [-0.2, -0.15) is 0 Å². The van der Waals surface area contributed by atoms with Gasteiger partial charge in [-0.25, -0.2) is 9.78 Å². The van der Waals surface area contributed by atoms with Crippen LogP contribution in [0.5, 0.6) is 0 Å². The molecule has 0 atom stereocenters. The van der Waals surface area contributed by atoms with Crippen molar-refractivity contribution in [1.29, 1.82) is 0 Å². The maximum Gasteiger partial charge on any atom is 0.339 e. The molecule has 2 aromatic rings. The molecule has 3 heterocycles. The van der Waals surface area contributed by atoms with Crippen molar-refractivity contribution in [2.45, 2.75) is 33.2 Å². The fourth-order valence-corrected chi connectivity index (χ4v) is 3.56. The standard InChI is InChI=1S/C21H28N4O4/c1-4-5-16-18(21(27)28-3)14(2)24-19(16)20(26)23-13-15-6-7-22-17(12-15)25-8-10-29-11-9-25/h6-7,12,24H,4-5,8-11,13H2,1-3H3,(H,23,26). The van der Waals surface area contributed by atoms with E-state index in [0.717, 1.165) is 30.9 Å². The van der Waals surface area contributed by atoms with Gasteiger partial charge in [0.2, 0.25) is 0 Å². The molecular weight excluding hydrogens is 372 g/mol. The second-order valence-corrected chi connectivity index (χ2v) is 7.02. The number of methoxy groups -OCH3 is 1. The summed E-state index contributed by atoms with van der Waals surface area (Å²) in [6.07, 6.45) is 3.19. The third-order valence-corrected chi connectivity index (χ3v) is 5.01. The van der Waals surface area contributed by atoms with E-state index in [1.807, 2.05) is 19.1 Å². The number of nitrogens with one attached hydrogen (secondary N) is 2. The second-order valence-electron chi connectivity index (χ2n) is 7.02. The van der Waals surface area contributed by atoms with Crippen molar-refractivity contribution in [3.05, 3.63) is 46.4 Å². The number of morpholine rings is 1. The summed E-state index contributed by atoms with van der Waals surface area (Å²) >= 11 is 0. The minimum atomic E-state index is -0.425. The van der Waals surface area contributed by atoms with Gasteiger partial charge in [-0.15, -0.1) is 0 Å². The number of hydrogen-bond donors (Lipinski definition) is 2. The lowest BCUT2D eigenvalue weighted by Crippen LogP contribution is -2.36. The van der Waals surface area contributed by atoms with Crippen LogP contribution in [0.1, 0.15) is 51.0 Å². The predicted molar refractivity (Wildman–Crippen MR) is 109 cm³/mol. The highest BCUT2D eigenvalue weighted by molar-refractivity contribution is 6.00. The Morgan fingerprint density at radius 2 is 2.10 bits per heavy atom. The number of carbonyl (C=O) groups is 2. The summed E-state index contributed by atoms with van der Waals surface area (Å²) in [5.41, 5.74) is 3.19. The highest BCUT2D eigenvalue weighted by Gasteiger charge is 2.24. The lowest BCUT2D eigenvalue weighted by Gasteiger charge is -2.28. The number of rotatable bonds is 7. The minimum Gasteiger partial charge on any atom is -0.465 e. The van der Waals surface area contributed by atoms with Gasteiger partial charge in [0.05, 0.1) is 25.9 Å². The molecule has 29 heavy (non-hydrogen) atoms. The monoisotopic (exact) mass is 400 g/mol. The smallest absolute Gasteiger partial charge is 0.339 e. The van der Waals surface area contributed by atoms with Crippen LogP contribution in [-0.4, -0.2) is 55.3 Å². The van der Waals surface area contributed by atoms with Crippen molar-refractivity contribution >= 4 is 17.7 Å². The van der Waals surface area contributed by atoms with E-state index in [0.29, 0.717) is 48.7 Å². The van der Waals surface area contributed by atoms with E-state index in [-0.39, 0.29) is 5.91 Å². The molecule has 8 nitrogen and oxygen atoms in total. The van der Waals surface area contributed by atoms with E-state index in [2.05, 4.69) is 20.2 Å². The van der Waals surface area contributed by atoms with Crippen LogP contribution in [0.4, 0.5) is 5.82 Å². The molecule has 0 aliphatic carbocycles. The van der Waals surface area contributed by atoms with E-state index in [1.54, 1.807) is 13.1 Å². The third kappa shape index (κ3) is 4.76. The first-order valence-electron chi connectivity index (χ1n) is 9.90. The molecule has 0 bridgehead atoms. The second kappa shape index (κ2) is 9.56. The Balaban J connectivity index is 1.73. The van der Waals surface area contributed by atoms with Gasteiger partial charge in [-0.3, -0.25) is 4.79 Å². The molecule has 3 rings (SSSR count). The molecule has 156 valence electrons. The van der Waals surface area contributed by atoms with E-state index < -0.39 is 5.97 Å². The zero-order chi connectivity index (χ0) is 20.8. The minimum absolute atomic E-state index is 0.239. The lowest BCUT2D eigenvalue weighted by molar-refractivity contribution is 0.0599. The zero-order valence-corrected chi connectivity index (χ0v) is 17.2. The van der Waals surface area contributed by atoms with Gasteiger partial charge in [0.1, 0.15) is 11.5 Å². The largest absolute Gasteiger partial charge is 0.465 e. The van der Waals surface area contributed by atoms with Gasteiger partial charge in [-0.05, 0) is 36.6 Å². The Morgan fingerprint density at radius 3 is 2.79 bits per heavy atom. The predicted octanol–water partition coefficient (Wildman–Crippen LogP) is 2.22. The van der Waals surface area contributed by atoms with Crippen molar-refractivity contribution in [2.24, 2.45) is 0 Å². The molecular formula is C21H28N4O4. The van der Waals surface area contributed by atoms with Gasteiger partial charge in [0, 0.05) is 31.5 Å². The number of amides is 1. The number of H-pyrrole nitrogens is 1. The Labute approximate surface area is 170 Å². The lowest BCUT2D eigenvalue weighted by atomic mass is 10.0. The highest BCUT2D eigenvalue weighted by Crippen LogP contribution is 2.22. The average molecular weight is 400 g/mol. The molecule has 1 amide bonds. The Kier molecular flexibility index (Phi) is 6.87. The van der Waals surface area contributed by atoms with Gasteiger partial charge in [-0.1, -0.05) is 13.3 Å². The number of pyridine rings is 1. The molecule has 0 radical (unpaired) electrons. The SMILES string of the molecule is CCCc1c(C(=O)NCc2ccnc(N3CCOCC3)c2)[nH]c(C)c1C(=O)OC. The highest BCUT2D eigenvalue weighted by atomic mass is 16.5. The number of esters is 1. The first-order chi connectivity index (χ1) is 14.0. The first kappa shape index (κ1) is 20.9. The number of aromatic nitrogens is 2. The van der Waals surface area contributed by atoms with Crippen LogP contribution in [0.15, 0.2) is 18.3 Å². The van der Waals surface area contributed by atoms with Gasteiger partial charge < -0.3 is 24.7 Å². The van der Waals surface area contributed by atoms with Crippen LogP contribution in [0, 0.1) is 6.92 Å². The quantitative estimate of drug-likeness (QED) is 0.692. The average Bonchev–Trinajstić information content (AvgIpc) is 3.08. The van der Waals surface area contributed by atoms with Crippen LogP contribution in [0.2, 0.25) is 0 Å². The van der Waals surface area contributed by atoms with Gasteiger partial charge in [0.15, 0.2) is 0 Å². The Hall–Kier alpha value is -2.87. The number of carbonyl (C=O) groups excluding carboxylic acids is 2. The Bertz CT molecular complexity index is 872. The molecule has 1 aliphatic rings. The molecule has 2 aromatic heterocycles. The van der Waals surface area contributed by atoms with Gasteiger partial charge >= 0.3 is 5.97 Å². The molecule has 0 spiro atoms. The summed E-state index contributed by atoms with van der Waals surface area (Å²) < 4.78 is 10.3. The maximum atomic E-state index is 12.8. The number of ether oxygens (including phenoxy) is 2. The summed E-state index contributed by atoms with van der Waals surface area (Å²) in [5, 5.41) is 2.95. The van der Waals surface area contributed by atoms with Crippen molar-refractivity contribution in [1.82, 2.24) is 15.3 Å². The molecule has 2 N–H and O–H groups in total. The summed E-state index contributed by atoms with van der Waals surface area (Å²) in [5.74, 6) is 0.220. The van der Waals surface area contributed by atoms with Crippen molar-refractivity contribution in [3.63, 3.8) is 0 Å². The summed E-state index contributed by atoms with van der Waals surface area (Å²) in [6, 6.07) is 3.87. The van der Waals surface area contributed by atoms with E-state index in [9.17, 15) is 9.59 Å². The van der Waals surface area contributed by atoms with Crippen molar-refractivity contribution < 1.29 is 19.1 Å². The van der Waals surface area contributed by atoms with Crippen LogP contribution in [0.3, 0.4) is 0 Å². The third-order valence-electron chi connectivity index (χ3n) is 5.01. The molecule has 0 unspecified atom stereocenters. The number of nitrogens with zero attached hydrogens (tertiary/aromatic N) is 2. The number of aromatic amines is 1. The van der Waals surface area contributed by atoms with E-state index in [1.165, 1.54) is 7.11 Å². The Morgan fingerprint density at radius 1 is 1.34 bits per heavy atom. The topological polar surface area (TPSA) is 96.5 Å². The molecule has 0 saturated carbocycles. The first-order valence-corrected chi connectivity index (χ1v) is 9.90. The normalized spacial score (nSPS) is 14.0. The zero-order valence-electron chi connectivity index (χ0n) is 17.2. The van der Waals surface area contributed by atoms with E-state index in [4.69, 9.17) is 9.47 Å².